The highest BCUT2D eigenvalue weighted by Gasteiger charge is 2.23. The lowest BCUT2D eigenvalue weighted by Crippen LogP contribution is -2.31. The predicted octanol–water partition coefficient (Wildman–Crippen LogP) is 1.64. The fraction of sp³-hybridized carbons (Fsp3) is 0.500. The molecular formula is C14H20N2O. The summed E-state index contributed by atoms with van der Waals surface area (Å²) in [5, 5.41) is 0. The highest BCUT2D eigenvalue weighted by atomic mass is 16.1. The number of hydrogen-bond acceptors (Lipinski definition) is 3. The molecule has 0 aromatic heterocycles. The van der Waals surface area contributed by atoms with Gasteiger partial charge in [-0.05, 0) is 26.1 Å². The van der Waals surface area contributed by atoms with Crippen LogP contribution >= 0.6 is 0 Å². The number of likely N-dealkylation sites (tertiary alicyclic amines) is 1. The third-order valence-corrected chi connectivity index (χ3v) is 3.50. The number of aldehydes is 1. The molecule has 0 spiro atoms. The molecule has 1 aliphatic heterocycles. The zero-order valence-corrected chi connectivity index (χ0v) is 10.6. The predicted molar refractivity (Wildman–Crippen MR) is 69.2 cm³/mol. The monoisotopic (exact) mass is 232 g/mol. The zero-order valence-electron chi connectivity index (χ0n) is 10.6. The summed E-state index contributed by atoms with van der Waals surface area (Å²) in [6.07, 6.45) is 2.14. The van der Waals surface area contributed by atoms with Crippen molar-refractivity contribution in [3.63, 3.8) is 0 Å². The molecule has 0 saturated carbocycles. The fourth-order valence-electron chi connectivity index (χ4n) is 2.34. The normalized spacial score (nSPS) is 21.0. The molecule has 0 aliphatic carbocycles. The lowest BCUT2D eigenvalue weighted by Gasteiger charge is -2.20. The van der Waals surface area contributed by atoms with Gasteiger partial charge >= 0.3 is 0 Å². The van der Waals surface area contributed by atoms with E-state index in [1.165, 1.54) is 12.0 Å². The summed E-state index contributed by atoms with van der Waals surface area (Å²) in [6.45, 7) is 3.30. The molecule has 3 nitrogen and oxygen atoms in total. The van der Waals surface area contributed by atoms with Crippen LogP contribution in [0.2, 0.25) is 0 Å². The molecule has 1 atom stereocenters. The van der Waals surface area contributed by atoms with Crippen molar-refractivity contribution in [3.05, 3.63) is 35.4 Å². The van der Waals surface area contributed by atoms with Gasteiger partial charge in [-0.2, -0.15) is 0 Å². The number of nitrogens with zero attached hydrogens (tertiary/aromatic N) is 2. The summed E-state index contributed by atoms with van der Waals surface area (Å²) in [4.78, 5) is 15.3. The first kappa shape index (κ1) is 12.3. The molecule has 92 valence electrons. The molecule has 1 fully saturated rings. The molecule has 3 heteroatoms. The Morgan fingerprint density at radius 1 is 1.35 bits per heavy atom. The molecule has 0 amide bonds. The molecule has 1 aromatic carbocycles. The van der Waals surface area contributed by atoms with E-state index in [2.05, 4.69) is 23.9 Å². The van der Waals surface area contributed by atoms with E-state index in [1.54, 1.807) is 0 Å². The van der Waals surface area contributed by atoms with E-state index in [-0.39, 0.29) is 0 Å². The van der Waals surface area contributed by atoms with Crippen molar-refractivity contribution >= 4 is 6.29 Å². The Balaban J connectivity index is 1.91. The number of carbonyl (C=O) groups excluding carboxylic acids is 1. The molecule has 1 unspecified atom stereocenters. The molecule has 1 aromatic rings. The fourth-order valence-corrected chi connectivity index (χ4v) is 2.34. The molecule has 0 N–H and O–H groups in total. The first-order valence-corrected chi connectivity index (χ1v) is 6.12. The van der Waals surface area contributed by atoms with Crippen molar-refractivity contribution < 1.29 is 4.79 Å². The molecule has 1 saturated heterocycles. The van der Waals surface area contributed by atoms with Gasteiger partial charge in [-0.1, -0.05) is 24.3 Å². The molecule has 0 radical (unpaired) electrons. The van der Waals surface area contributed by atoms with Crippen LogP contribution in [0.5, 0.6) is 0 Å². The largest absolute Gasteiger partial charge is 0.305 e. The summed E-state index contributed by atoms with van der Waals surface area (Å²) in [6, 6.07) is 8.56. The summed E-state index contributed by atoms with van der Waals surface area (Å²) in [7, 11) is 4.29. The van der Waals surface area contributed by atoms with E-state index in [9.17, 15) is 4.79 Å². The SMILES string of the molecule is CN(C)C1CCN(Cc2ccc(C=O)cc2)C1. The van der Waals surface area contributed by atoms with Gasteiger partial charge in [0.2, 0.25) is 0 Å². The van der Waals surface area contributed by atoms with Gasteiger partial charge in [0, 0.05) is 31.2 Å². The second-order valence-corrected chi connectivity index (χ2v) is 5.00. The Kier molecular flexibility index (Phi) is 3.92. The Labute approximate surface area is 103 Å². The van der Waals surface area contributed by atoms with Crippen molar-refractivity contribution in [1.29, 1.82) is 0 Å². The summed E-state index contributed by atoms with van der Waals surface area (Å²) in [5.41, 5.74) is 2.04. The Bertz CT molecular complexity index is 372. The summed E-state index contributed by atoms with van der Waals surface area (Å²) >= 11 is 0. The smallest absolute Gasteiger partial charge is 0.150 e. The average molecular weight is 232 g/mol. The first-order chi connectivity index (χ1) is 8.19. The van der Waals surface area contributed by atoms with Gasteiger partial charge in [0.05, 0.1) is 0 Å². The van der Waals surface area contributed by atoms with Crippen LogP contribution in [0.25, 0.3) is 0 Å². The van der Waals surface area contributed by atoms with Crippen molar-refractivity contribution in [3.8, 4) is 0 Å². The molecule has 2 rings (SSSR count). The first-order valence-electron chi connectivity index (χ1n) is 6.12. The van der Waals surface area contributed by atoms with Crippen molar-refractivity contribution in [2.75, 3.05) is 27.2 Å². The number of rotatable bonds is 4. The van der Waals surface area contributed by atoms with Gasteiger partial charge in [-0.3, -0.25) is 9.69 Å². The number of carbonyl (C=O) groups is 1. The van der Waals surface area contributed by atoms with Crippen LogP contribution in [-0.2, 0) is 6.54 Å². The highest BCUT2D eigenvalue weighted by Crippen LogP contribution is 2.16. The van der Waals surface area contributed by atoms with Crippen LogP contribution in [0.3, 0.4) is 0 Å². The van der Waals surface area contributed by atoms with Gasteiger partial charge in [0.15, 0.2) is 0 Å². The van der Waals surface area contributed by atoms with E-state index in [4.69, 9.17) is 0 Å². The Morgan fingerprint density at radius 2 is 2.06 bits per heavy atom. The highest BCUT2D eigenvalue weighted by molar-refractivity contribution is 5.74. The number of likely N-dealkylation sites (N-methyl/N-ethyl adjacent to an activating group) is 1. The van der Waals surface area contributed by atoms with Gasteiger partial charge in [-0.25, -0.2) is 0 Å². The lowest BCUT2D eigenvalue weighted by molar-refractivity contribution is 0.112. The standard InChI is InChI=1S/C14H20N2O/c1-15(2)14-7-8-16(10-14)9-12-3-5-13(11-17)6-4-12/h3-6,11,14H,7-10H2,1-2H3. The van der Waals surface area contributed by atoms with E-state index in [0.717, 1.165) is 31.5 Å². The van der Waals surface area contributed by atoms with Gasteiger partial charge in [0.25, 0.3) is 0 Å². The molecule has 1 heterocycles. The third-order valence-electron chi connectivity index (χ3n) is 3.50. The van der Waals surface area contributed by atoms with Gasteiger partial charge in [0.1, 0.15) is 6.29 Å². The minimum Gasteiger partial charge on any atom is -0.305 e. The van der Waals surface area contributed by atoms with Crippen molar-refractivity contribution in [1.82, 2.24) is 9.80 Å². The Morgan fingerprint density at radius 3 is 2.59 bits per heavy atom. The van der Waals surface area contributed by atoms with Crippen molar-refractivity contribution in [2.45, 2.75) is 19.0 Å². The maximum absolute atomic E-state index is 10.6. The molecule has 1 aliphatic rings. The van der Waals surface area contributed by atoms with E-state index < -0.39 is 0 Å². The van der Waals surface area contributed by atoms with Crippen LogP contribution < -0.4 is 0 Å². The number of hydrogen-bond donors (Lipinski definition) is 0. The lowest BCUT2D eigenvalue weighted by atomic mass is 10.1. The van der Waals surface area contributed by atoms with Gasteiger partial charge < -0.3 is 4.90 Å². The van der Waals surface area contributed by atoms with Crippen LogP contribution in [0.1, 0.15) is 22.3 Å². The minimum absolute atomic E-state index is 0.684. The van der Waals surface area contributed by atoms with E-state index >= 15 is 0 Å². The number of benzene rings is 1. The van der Waals surface area contributed by atoms with E-state index in [0.29, 0.717) is 6.04 Å². The van der Waals surface area contributed by atoms with Crippen LogP contribution in [0, 0.1) is 0 Å². The summed E-state index contributed by atoms with van der Waals surface area (Å²) in [5.74, 6) is 0. The van der Waals surface area contributed by atoms with Crippen LogP contribution in [0.15, 0.2) is 24.3 Å². The second kappa shape index (κ2) is 5.43. The Hall–Kier alpha value is -1.19. The average Bonchev–Trinajstić information content (AvgIpc) is 2.79. The van der Waals surface area contributed by atoms with Crippen LogP contribution in [0.4, 0.5) is 0 Å². The minimum atomic E-state index is 0.684. The summed E-state index contributed by atoms with van der Waals surface area (Å²) < 4.78 is 0. The van der Waals surface area contributed by atoms with Gasteiger partial charge in [-0.15, -0.1) is 0 Å². The quantitative estimate of drug-likeness (QED) is 0.737. The molecular weight excluding hydrogens is 212 g/mol. The van der Waals surface area contributed by atoms with Crippen LogP contribution in [-0.4, -0.2) is 49.3 Å². The topological polar surface area (TPSA) is 23.6 Å². The maximum atomic E-state index is 10.6. The molecule has 17 heavy (non-hydrogen) atoms. The maximum Gasteiger partial charge on any atom is 0.150 e. The third kappa shape index (κ3) is 3.14. The molecule has 0 bridgehead atoms. The van der Waals surface area contributed by atoms with Crippen molar-refractivity contribution in [2.24, 2.45) is 0 Å². The zero-order chi connectivity index (χ0) is 12.3. The second-order valence-electron chi connectivity index (χ2n) is 5.00. The van der Waals surface area contributed by atoms with E-state index in [1.807, 2.05) is 24.3 Å².